The fourth-order valence-corrected chi connectivity index (χ4v) is 3.64. The highest BCUT2D eigenvalue weighted by Crippen LogP contribution is 2.32. The number of rotatable bonds is 3. The van der Waals surface area contributed by atoms with Crippen LogP contribution in [0.15, 0.2) is 36.9 Å². The van der Waals surface area contributed by atoms with Gasteiger partial charge in [-0.15, -0.1) is 0 Å². The average molecular weight is 323 g/mol. The molecule has 1 atom stereocenters. The number of anilines is 1. The number of amides is 1. The zero-order chi connectivity index (χ0) is 16.4. The Morgan fingerprint density at radius 3 is 2.71 bits per heavy atom. The summed E-state index contributed by atoms with van der Waals surface area (Å²) >= 11 is 0. The average Bonchev–Trinajstić information content (AvgIpc) is 3.34. The first-order chi connectivity index (χ1) is 11.8. The van der Waals surface area contributed by atoms with Gasteiger partial charge in [0.1, 0.15) is 5.82 Å². The van der Waals surface area contributed by atoms with Crippen LogP contribution in [0, 0.1) is 0 Å². The fourth-order valence-electron chi connectivity index (χ4n) is 3.64. The lowest BCUT2D eigenvalue weighted by Crippen LogP contribution is -2.31. The molecule has 0 radical (unpaired) electrons. The minimum atomic E-state index is 0.0228. The summed E-state index contributed by atoms with van der Waals surface area (Å²) in [7, 11) is 0. The zero-order valence-corrected chi connectivity index (χ0v) is 13.6. The monoisotopic (exact) mass is 323 g/mol. The lowest BCUT2D eigenvalue weighted by Gasteiger charge is -2.24. The quantitative estimate of drug-likeness (QED) is 0.868. The van der Waals surface area contributed by atoms with E-state index in [0.717, 1.165) is 44.0 Å². The number of carbonyl (C=O) groups is 1. The molecule has 0 unspecified atom stereocenters. The van der Waals surface area contributed by atoms with Crippen molar-refractivity contribution in [3.05, 3.63) is 48.2 Å². The minimum absolute atomic E-state index is 0.0228. The first kappa shape index (κ1) is 15.1. The second-order valence-corrected chi connectivity index (χ2v) is 6.38. The topological polar surface area (TPSA) is 62.2 Å². The molecule has 2 saturated heterocycles. The standard InChI is InChI=1S/C18H21N5O/c24-18(14-5-6-21-17(12-14)22-9-1-2-10-22)23-11-3-4-16(23)15-13-19-7-8-20-15/h5-8,12-13,16H,1-4,9-11H2/t16-/m1/s1. The van der Waals surface area contributed by atoms with Gasteiger partial charge in [-0.2, -0.15) is 0 Å². The highest BCUT2D eigenvalue weighted by atomic mass is 16.2. The van der Waals surface area contributed by atoms with Gasteiger partial charge in [0.05, 0.1) is 17.9 Å². The zero-order valence-electron chi connectivity index (χ0n) is 13.6. The number of hydrogen-bond acceptors (Lipinski definition) is 5. The Bertz CT molecular complexity index is 714. The van der Waals surface area contributed by atoms with E-state index < -0.39 is 0 Å². The van der Waals surface area contributed by atoms with Crippen LogP contribution in [0.1, 0.15) is 47.8 Å². The van der Waals surface area contributed by atoms with Gasteiger partial charge in [0.25, 0.3) is 5.91 Å². The van der Waals surface area contributed by atoms with Gasteiger partial charge in [-0.1, -0.05) is 0 Å². The summed E-state index contributed by atoms with van der Waals surface area (Å²) < 4.78 is 0. The maximum Gasteiger partial charge on any atom is 0.254 e. The molecule has 1 amide bonds. The number of pyridine rings is 1. The molecule has 0 aliphatic carbocycles. The van der Waals surface area contributed by atoms with Gasteiger partial charge in [-0.05, 0) is 37.8 Å². The molecule has 2 aliphatic heterocycles. The van der Waals surface area contributed by atoms with Crippen LogP contribution in [0.4, 0.5) is 5.82 Å². The van der Waals surface area contributed by atoms with Crippen molar-refractivity contribution >= 4 is 11.7 Å². The smallest absolute Gasteiger partial charge is 0.254 e. The van der Waals surface area contributed by atoms with Crippen LogP contribution in [0.3, 0.4) is 0 Å². The number of aromatic nitrogens is 3. The maximum absolute atomic E-state index is 13.0. The van der Waals surface area contributed by atoms with E-state index in [1.807, 2.05) is 17.0 Å². The van der Waals surface area contributed by atoms with Crippen LogP contribution in [0.25, 0.3) is 0 Å². The SMILES string of the molecule is O=C(c1ccnc(N2CCCC2)c1)N1CCC[C@@H]1c1cnccn1. The third-order valence-electron chi connectivity index (χ3n) is 4.86. The van der Waals surface area contributed by atoms with Gasteiger partial charge < -0.3 is 9.80 Å². The molecule has 6 heteroatoms. The minimum Gasteiger partial charge on any atom is -0.357 e. The molecule has 2 fully saturated rings. The van der Waals surface area contributed by atoms with Gasteiger partial charge in [0.15, 0.2) is 0 Å². The molecule has 6 nitrogen and oxygen atoms in total. The number of likely N-dealkylation sites (tertiary alicyclic amines) is 1. The Morgan fingerprint density at radius 2 is 1.92 bits per heavy atom. The van der Waals surface area contributed by atoms with Crippen molar-refractivity contribution in [2.24, 2.45) is 0 Å². The molecule has 2 aromatic rings. The van der Waals surface area contributed by atoms with E-state index in [-0.39, 0.29) is 11.9 Å². The van der Waals surface area contributed by atoms with Crippen molar-refractivity contribution in [1.29, 1.82) is 0 Å². The molecule has 2 aliphatic rings. The van der Waals surface area contributed by atoms with Crippen molar-refractivity contribution in [2.75, 3.05) is 24.5 Å². The summed E-state index contributed by atoms with van der Waals surface area (Å²) in [6, 6.07) is 3.77. The summed E-state index contributed by atoms with van der Waals surface area (Å²) in [5.74, 6) is 0.972. The van der Waals surface area contributed by atoms with Crippen molar-refractivity contribution in [1.82, 2.24) is 19.9 Å². The Balaban J connectivity index is 1.57. The molecular weight excluding hydrogens is 302 g/mol. The normalized spacial score (nSPS) is 20.6. The Hall–Kier alpha value is -2.50. The predicted octanol–water partition coefficient (Wildman–Crippen LogP) is 2.45. The molecule has 2 aromatic heterocycles. The van der Waals surface area contributed by atoms with Crippen LogP contribution < -0.4 is 4.90 Å². The van der Waals surface area contributed by atoms with E-state index in [1.54, 1.807) is 24.8 Å². The third kappa shape index (κ3) is 2.84. The number of carbonyl (C=O) groups excluding carboxylic acids is 1. The van der Waals surface area contributed by atoms with E-state index in [9.17, 15) is 4.79 Å². The molecule has 124 valence electrons. The first-order valence-corrected chi connectivity index (χ1v) is 8.61. The predicted molar refractivity (Wildman–Crippen MR) is 90.7 cm³/mol. The lowest BCUT2D eigenvalue weighted by molar-refractivity contribution is 0.0732. The van der Waals surface area contributed by atoms with Crippen molar-refractivity contribution in [2.45, 2.75) is 31.7 Å². The second kappa shape index (κ2) is 6.55. The van der Waals surface area contributed by atoms with E-state index in [0.29, 0.717) is 5.56 Å². The second-order valence-electron chi connectivity index (χ2n) is 6.38. The molecular formula is C18H21N5O. The third-order valence-corrected chi connectivity index (χ3v) is 4.86. The molecule has 0 bridgehead atoms. The van der Waals surface area contributed by atoms with Crippen LogP contribution in [-0.4, -0.2) is 45.4 Å². The van der Waals surface area contributed by atoms with Crippen molar-refractivity contribution < 1.29 is 4.79 Å². The molecule has 24 heavy (non-hydrogen) atoms. The van der Waals surface area contributed by atoms with E-state index >= 15 is 0 Å². The van der Waals surface area contributed by atoms with E-state index in [4.69, 9.17) is 0 Å². The van der Waals surface area contributed by atoms with Crippen LogP contribution >= 0.6 is 0 Å². The van der Waals surface area contributed by atoms with E-state index in [2.05, 4.69) is 19.9 Å². The largest absolute Gasteiger partial charge is 0.357 e. The van der Waals surface area contributed by atoms with Crippen LogP contribution in [0.5, 0.6) is 0 Å². The molecule has 4 rings (SSSR count). The molecule has 4 heterocycles. The molecule has 0 N–H and O–H groups in total. The molecule has 0 aromatic carbocycles. The highest BCUT2D eigenvalue weighted by Gasteiger charge is 2.32. The summed E-state index contributed by atoms with van der Waals surface area (Å²) in [4.78, 5) is 30.2. The summed E-state index contributed by atoms with van der Waals surface area (Å²) in [6.45, 7) is 2.81. The van der Waals surface area contributed by atoms with Crippen molar-refractivity contribution in [3.63, 3.8) is 0 Å². The van der Waals surface area contributed by atoms with Gasteiger partial charge in [0, 0.05) is 43.8 Å². The van der Waals surface area contributed by atoms with Crippen molar-refractivity contribution in [3.8, 4) is 0 Å². The van der Waals surface area contributed by atoms with Gasteiger partial charge in [-0.25, -0.2) is 4.98 Å². The van der Waals surface area contributed by atoms with Gasteiger partial charge in [-0.3, -0.25) is 14.8 Å². The summed E-state index contributed by atoms with van der Waals surface area (Å²) in [5.41, 5.74) is 1.58. The number of nitrogens with zero attached hydrogens (tertiary/aromatic N) is 5. The molecule has 0 spiro atoms. The first-order valence-electron chi connectivity index (χ1n) is 8.61. The van der Waals surface area contributed by atoms with Gasteiger partial charge >= 0.3 is 0 Å². The summed E-state index contributed by atoms with van der Waals surface area (Å²) in [5, 5.41) is 0. The number of hydrogen-bond donors (Lipinski definition) is 0. The fraction of sp³-hybridized carbons (Fsp3) is 0.444. The Labute approximate surface area is 141 Å². The van der Waals surface area contributed by atoms with Crippen LogP contribution in [0.2, 0.25) is 0 Å². The Kier molecular flexibility index (Phi) is 4.11. The van der Waals surface area contributed by atoms with Gasteiger partial charge in [0.2, 0.25) is 0 Å². The highest BCUT2D eigenvalue weighted by molar-refractivity contribution is 5.95. The maximum atomic E-state index is 13.0. The van der Waals surface area contributed by atoms with Crippen LogP contribution in [-0.2, 0) is 0 Å². The van der Waals surface area contributed by atoms with E-state index in [1.165, 1.54) is 12.8 Å². The molecule has 0 saturated carbocycles. The Morgan fingerprint density at radius 1 is 1.04 bits per heavy atom. The summed E-state index contributed by atoms with van der Waals surface area (Å²) in [6.07, 6.45) is 11.2. The lowest BCUT2D eigenvalue weighted by atomic mass is 10.1.